The first-order chi connectivity index (χ1) is 7.83. The summed E-state index contributed by atoms with van der Waals surface area (Å²) in [5.74, 6) is -1.34. The smallest absolute Gasteiger partial charge is 0.334 e. The van der Waals surface area contributed by atoms with Crippen LogP contribution >= 0.6 is 0 Å². The SMILES string of the molecule is CC1(C)CCCC1NC(=O)NCC(O)C(=O)O. The summed E-state index contributed by atoms with van der Waals surface area (Å²) in [5.41, 5.74) is 0.0722. The number of urea groups is 1. The van der Waals surface area contributed by atoms with Gasteiger partial charge >= 0.3 is 12.0 Å². The molecule has 0 radical (unpaired) electrons. The summed E-state index contributed by atoms with van der Waals surface area (Å²) in [6.07, 6.45) is 1.52. The van der Waals surface area contributed by atoms with Gasteiger partial charge in [-0.05, 0) is 18.3 Å². The zero-order chi connectivity index (χ0) is 13.1. The molecular formula is C11H20N2O4. The average molecular weight is 244 g/mol. The quantitative estimate of drug-likeness (QED) is 0.572. The van der Waals surface area contributed by atoms with Gasteiger partial charge in [0.05, 0.1) is 6.54 Å². The van der Waals surface area contributed by atoms with Crippen LogP contribution < -0.4 is 10.6 Å². The molecule has 2 unspecified atom stereocenters. The van der Waals surface area contributed by atoms with Crippen molar-refractivity contribution in [3.63, 3.8) is 0 Å². The fourth-order valence-electron chi connectivity index (χ4n) is 2.08. The molecule has 0 spiro atoms. The maximum absolute atomic E-state index is 11.5. The van der Waals surface area contributed by atoms with E-state index in [1.165, 1.54) is 0 Å². The lowest BCUT2D eigenvalue weighted by molar-refractivity contribution is -0.146. The van der Waals surface area contributed by atoms with E-state index in [2.05, 4.69) is 24.5 Å². The number of hydrogen-bond acceptors (Lipinski definition) is 3. The van der Waals surface area contributed by atoms with E-state index in [1.807, 2.05) is 0 Å². The summed E-state index contributed by atoms with van der Waals surface area (Å²) < 4.78 is 0. The molecule has 6 nitrogen and oxygen atoms in total. The van der Waals surface area contributed by atoms with Crippen LogP contribution in [0, 0.1) is 5.41 Å². The number of nitrogens with one attached hydrogen (secondary N) is 2. The number of aliphatic hydroxyl groups is 1. The molecule has 0 saturated heterocycles. The summed E-state index contributed by atoms with van der Waals surface area (Å²) in [4.78, 5) is 21.8. The Kier molecular flexibility index (Phi) is 4.34. The zero-order valence-electron chi connectivity index (χ0n) is 10.2. The van der Waals surface area contributed by atoms with Crippen molar-refractivity contribution >= 4 is 12.0 Å². The molecule has 1 saturated carbocycles. The summed E-state index contributed by atoms with van der Waals surface area (Å²) in [7, 11) is 0. The Morgan fingerprint density at radius 2 is 2.12 bits per heavy atom. The van der Waals surface area contributed by atoms with Crippen molar-refractivity contribution in [2.75, 3.05) is 6.54 Å². The van der Waals surface area contributed by atoms with Crippen LogP contribution in [0.15, 0.2) is 0 Å². The molecule has 1 aliphatic carbocycles. The van der Waals surface area contributed by atoms with Crippen LogP contribution in [0.4, 0.5) is 4.79 Å². The molecule has 1 rings (SSSR count). The molecule has 0 aromatic carbocycles. The van der Waals surface area contributed by atoms with Crippen LogP contribution in [-0.2, 0) is 4.79 Å². The standard InChI is InChI=1S/C11H20N2O4/c1-11(2)5-3-4-8(11)13-10(17)12-6-7(14)9(15)16/h7-8,14H,3-6H2,1-2H3,(H,15,16)(H2,12,13,17). The van der Waals surface area contributed by atoms with Gasteiger partial charge in [-0.15, -0.1) is 0 Å². The number of amides is 2. The minimum atomic E-state index is -1.56. The highest BCUT2D eigenvalue weighted by atomic mass is 16.4. The van der Waals surface area contributed by atoms with E-state index in [0.29, 0.717) is 0 Å². The van der Waals surface area contributed by atoms with Gasteiger partial charge in [0.1, 0.15) is 0 Å². The molecule has 98 valence electrons. The molecule has 6 heteroatoms. The molecule has 0 aromatic heterocycles. The number of hydrogen-bond donors (Lipinski definition) is 4. The number of aliphatic carboxylic acids is 1. The largest absolute Gasteiger partial charge is 0.479 e. The van der Waals surface area contributed by atoms with Gasteiger partial charge in [-0.1, -0.05) is 20.3 Å². The third-order valence-electron chi connectivity index (χ3n) is 3.30. The molecule has 17 heavy (non-hydrogen) atoms. The first-order valence-electron chi connectivity index (χ1n) is 5.78. The van der Waals surface area contributed by atoms with Crippen molar-refractivity contribution in [2.24, 2.45) is 5.41 Å². The van der Waals surface area contributed by atoms with Gasteiger partial charge in [-0.25, -0.2) is 9.59 Å². The number of carboxylic acids is 1. The van der Waals surface area contributed by atoms with Gasteiger partial charge in [0.15, 0.2) is 6.10 Å². The number of carbonyl (C=O) groups excluding carboxylic acids is 1. The second-order valence-electron chi connectivity index (χ2n) is 5.14. The van der Waals surface area contributed by atoms with Crippen molar-refractivity contribution in [2.45, 2.75) is 45.3 Å². The highest BCUT2D eigenvalue weighted by Crippen LogP contribution is 2.36. The Morgan fingerprint density at radius 1 is 1.47 bits per heavy atom. The van der Waals surface area contributed by atoms with Gasteiger partial charge < -0.3 is 20.8 Å². The first-order valence-corrected chi connectivity index (χ1v) is 5.78. The molecule has 0 heterocycles. The van der Waals surface area contributed by atoms with E-state index < -0.39 is 18.1 Å². The van der Waals surface area contributed by atoms with Crippen molar-refractivity contribution in [1.29, 1.82) is 0 Å². The van der Waals surface area contributed by atoms with Crippen molar-refractivity contribution < 1.29 is 19.8 Å². The number of aliphatic hydroxyl groups excluding tert-OH is 1. The fourth-order valence-corrected chi connectivity index (χ4v) is 2.08. The topological polar surface area (TPSA) is 98.7 Å². The van der Waals surface area contributed by atoms with E-state index >= 15 is 0 Å². The number of rotatable bonds is 4. The summed E-state index contributed by atoms with van der Waals surface area (Å²) in [6.45, 7) is 3.91. The van der Waals surface area contributed by atoms with E-state index in [-0.39, 0.29) is 18.0 Å². The lowest BCUT2D eigenvalue weighted by atomic mass is 9.87. The monoisotopic (exact) mass is 244 g/mol. The molecule has 2 amide bonds. The van der Waals surface area contributed by atoms with E-state index in [1.54, 1.807) is 0 Å². The molecule has 0 aliphatic heterocycles. The van der Waals surface area contributed by atoms with E-state index in [0.717, 1.165) is 19.3 Å². The maximum Gasteiger partial charge on any atom is 0.334 e. The highest BCUT2D eigenvalue weighted by Gasteiger charge is 2.35. The Morgan fingerprint density at radius 3 is 2.59 bits per heavy atom. The van der Waals surface area contributed by atoms with Gasteiger partial charge in [-0.2, -0.15) is 0 Å². The van der Waals surface area contributed by atoms with Gasteiger partial charge in [-0.3, -0.25) is 0 Å². The third-order valence-corrected chi connectivity index (χ3v) is 3.30. The van der Waals surface area contributed by atoms with Crippen LogP contribution in [0.1, 0.15) is 33.1 Å². The Balaban J connectivity index is 2.33. The van der Waals surface area contributed by atoms with Gasteiger partial charge in [0, 0.05) is 6.04 Å². The Labute approximate surface area is 100 Å². The van der Waals surface area contributed by atoms with Gasteiger partial charge in [0.2, 0.25) is 0 Å². The van der Waals surface area contributed by atoms with Crippen LogP contribution in [0.2, 0.25) is 0 Å². The van der Waals surface area contributed by atoms with Crippen LogP contribution in [0.3, 0.4) is 0 Å². The molecule has 0 bridgehead atoms. The molecular weight excluding hydrogens is 224 g/mol. The Bertz CT molecular complexity index is 304. The summed E-state index contributed by atoms with van der Waals surface area (Å²) in [5, 5.41) is 22.6. The molecule has 0 aromatic rings. The van der Waals surface area contributed by atoms with E-state index in [9.17, 15) is 9.59 Å². The molecule has 4 N–H and O–H groups in total. The second kappa shape index (κ2) is 5.35. The minimum Gasteiger partial charge on any atom is -0.479 e. The van der Waals surface area contributed by atoms with Crippen molar-refractivity contribution in [1.82, 2.24) is 10.6 Å². The van der Waals surface area contributed by atoms with Crippen LogP contribution in [-0.4, -0.2) is 40.9 Å². The third kappa shape index (κ3) is 3.89. The Hall–Kier alpha value is -1.30. The highest BCUT2D eigenvalue weighted by molar-refractivity contribution is 5.76. The average Bonchev–Trinajstić information content (AvgIpc) is 2.54. The summed E-state index contributed by atoms with van der Waals surface area (Å²) >= 11 is 0. The number of carboxylic acid groups (broad SMARTS) is 1. The zero-order valence-corrected chi connectivity index (χ0v) is 10.2. The molecule has 2 atom stereocenters. The minimum absolute atomic E-state index is 0.0722. The normalized spacial score (nSPS) is 24.1. The predicted octanol–water partition coefficient (Wildman–Crippen LogP) is 0.310. The predicted molar refractivity (Wildman–Crippen MR) is 61.6 cm³/mol. The second-order valence-corrected chi connectivity index (χ2v) is 5.14. The maximum atomic E-state index is 11.5. The lowest BCUT2D eigenvalue weighted by Crippen LogP contribution is -2.48. The van der Waals surface area contributed by atoms with Crippen LogP contribution in [0.25, 0.3) is 0 Å². The molecule has 1 aliphatic rings. The number of carbonyl (C=O) groups is 2. The van der Waals surface area contributed by atoms with Crippen molar-refractivity contribution in [3.05, 3.63) is 0 Å². The van der Waals surface area contributed by atoms with Crippen molar-refractivity contribution in [3.8, 4) is 0 Å². The van der Waals surface area contributed by atoms with E-state index in [4.69, 9.17) is 10.2 Å². The fraction of sp³-hybridized carbons (Fsp3) is 0.818. The molecule has 1 fully saturated rings. The van der Waals surface area contributed by atoms with Gasteiger partial charge in [0.25, 0.3) is 0 Å². The first kappa shape index (κ1) is 13.8. The summed E-state index contributed by atoms with van der Waals surface area (Å²) in [6, 6.07) is -0.324. The lowest BCUT2D eigenvalue weighted by Gasteiger charge is -2.27. The van der Waals surface area contributed by atoms with Crippen LogP contribution in [0.5, 0.6) is 0 Å².